The molecule has 0 saturated carbocycles. The number of imidazole rings is 4. The molecule has 0 N–H and O–H groups in total. The molecule has 0 bridgehead atoms. The molecule has 21 aromatic rings. The number of hydrogen-bond donors (Lipinski definition) is 0. The molecule has 0 atom stereocenters. The van der Waals surface area contributed by atoms with Gasteiger partial charge in [-0.15, -0.1) is 0 Å². The van der Waals surface area contributed by atoms with Gasteiger partial charge in [-0.25, -0.2) is 9.97 Å². The summed E-state index contributed by atoms with van der Waals surface area (Å²) in [5, 5.41) is 21.0. The van der Waals surface area contributed by atoms with Crippen LogP contribution in [0.25, 0.3) is 55.7 Å². The van der Waals surface area contributed by atoms with Crippen molar-refractivity contribution in [3.05, 3.63) is 479 Å². The van der Waals surface area contributed by atoms with Gasteiger partial charge in [-0.05, 0) is 133 Å². The molecule has 10 heteroatoms. The summed E-state index contributed by atoms with van der Waals surface area (Å²) in [5.74, 6) is 1.96. The highest BCUT2D eigenvalue weighted by molar-refractivity contribution is 7.21. The van der Waals surface area contributed by atoms with Crippen LogP contribution in [-0.4, -0.2) is 60.2 Å². The van der Waals surface area contributed by atoms with Gasteiger partial charge in [0, 0.05) is 14.1 Å². The molecule has 568 valence electrons. The van der Waals surface area contributed by atoms with E-state index >= 15 is 0 Å². The maximum atomic E-state index is 4.96. The largest absolute Gasteiger partial charge is 0.313 e. The van der Waals surface area contributed by atoms with Crippen molar-refractivity contribution in [1.29, 1.82) is 0 Å². The number of fused-ring (bicyclic) bond motifs is 10. The molecule has 0 radical (unpaired) electrons. The lowest BCUT2D eigenvalue weighted by Gasteiger charge is -2.37. The fourth-order valence-electron chi connectivity index (χ4n) is 18.4. The molecule has 17 aromatic carbocycles. The van der Waals surface area contributed by atoms with Crippen molar-refractivity contribution < 1.29 is 0 Å². The van der Waals surface area contributed by atoms with Gasteiger partial charge in [0.25, 0.3) is 0 Å². The summed E-state index contributed by atoms with van der Waals surface area (Å²) < 4.78 is 8.87. The van der Waals surface area contributed by atoms with E-state index in [0.717, 1.165) is 28.1 Å². The van der Waals surface area contributed by atoms with Crippen molar-refractivity contribution in [3.63, 3.8) is 0 Å². The van der Waals surface area contributed by atoms with Gasteiger partial charge in [0.1, 0.15) is 8.07 Å². The van der Waals surface area contributed by atoms with Gasteiger partial charge in [-0.2, -0.15) is 0 Å². The minimum atomic E-state index is -2.63. The maximum Gasteiger partial charge on any atom is 0.215 e. The molecule has 0 fully saturated rings. The van der Waals surface area contributed by atoms with Crippen LogP contribution in [0.4, 0.5) is 0 Å². The van der Waals surface area contributed by atoms with Gasteiger partial charge in [0.05, 0.1) is 44.1 Å². The van der Waals surface area contributed by atoms with Crippen LogP contribution in [0.3, 0.4) is 0 Å². The van der Waals surface area contributed by atoms with Gasteiger partial charge >= 0.3 is 0 Å². The molecule has 0 unspecified atom stereocenters. The SMILES string of the molecule is C[Si](c1ccccc1)(c1ccccc1)c1ccccc1.Cc1ccc([Si](c2ccccc2)(c2ccccc2)c2ccc([Si](c3ccccc3)(c3ccccc3)c3ccccc3)cc2)cc1.Cn1c2ccc([Si](c3ccccc3)(c3ccccc3)c3ccccc3)cc2n2c3ccccc3nc12.Cn1c2ccccc2n2c3ccccc3nc12. The van der Waals surface area contributed by atoms with Gasteiger partial charge in [0.15, 0.2) is 24.2 Å². The molecule has 21 rings (SSSR count). The van der Waals surface area contributed by atoms with Gasteiger partial charge < -0.3 is 9.13 Å². The fraction of sp³-hybridized carbons (Fsp3) is 0.0370. The Labute approximate surface area is 694 Å². The van der Waals surface area contributed by atoms with Crippen molar-refractivity contribution in [2.75, 3.05) is 0 Å². The first-order valence-electron chi connectivity index (χ1n) is 40.7. The van der Waals surface area contributed by atoms with E-state index in [1.807, 2.05) is 6.07 Å². The van der Waals surface area contributed by atoms with E-state index in [4.69, 9.17) is 4.98 Å². The second-order valence-electron chi connectivity index (χ2n) is 30.6. The smallest absolute Gasteiger partial charge is 0.215 e. The number of aryl methyl sites for hydroxylation is 3. The average molecular weight is 1580 g/mol. The van der Waals surface area contributed by atoms with Gasteiger partial charge in [-0.1, -0.05) is 437 Å². The third-order valence-electron chi connectivity index (χ3n) is 24.1. The summed E-state index contributed by atoms with van der Waals surface area (Å²) in [7, 11) is -5.53. The zero-order chi connectivity index (χ0) is 79.9. The molecule has 0 aliphatic carbocycles. The van der Waals surface area contributed by atoms with E-state index < -0.39 is 32.3 Å². The highest BCUT2D eigenvalue weighted by Gasteiger charge is 2.46. The highest BCUT2D eigenvalue weighted by Crippen LogP contribution is 2.28. The molecule has 0 aliphatic rings. The van der Waals surface area contributed by atoms with E-state index in [-0.39, 0.29) is 0 Å². The van der Waals surface area contributed by atoms with Crippen LogP contribution < -0.4 is 77.8 Å². The van der Waals surface area contributed by atoms with Crippen molar-refractivity contribution in [1.82, 2.24) is 27.9 Å². The summed E-state index contributed by atoms with van der Waals surface area (Å²) in [6.07, 6.45) is 0. The molecule has 0 saturated heterocycles. The Hall–Kier alpha value is -13.9. The standard InChI is InChI=1S/C43H36Si2.C32H25N3Si.C19H18Si.C14H11N3/c1-35-27-29-41(30-28-35)45(39-23-13-5-14-24-39,40-25-15-6-16-26-40)43-33-31-42(32-34-43)44(36-17-7-2-8-18-36,37-19-9-3-10-20-37)38-21-11-4-12-22-38;1-34-30-22-21-27(23-31(30)35-29-20-12-11-19-28(29)33-32(34)35)36(24-13-5-2-6-14-24,25-15-7-3-8-16-25)26-17-9-4-10-18-26;1-20(17-11-5-2-6-12-17,18-13-7-3-8-14-18)19-15-9-4-10-16-19;1-16-12-8-4-5-9-13(12)17-11-7-3-2-6-10(11)15-14(16)17/h2-34H,1H3;2-23H,1H3;2-16H,1H3;2-9H,1H3. The van der Waals surface area contributed by atoms with Crippen molar-refractivity contribution in [2.24, 2.45) is 14.1 Å². The average Bonchev–Trinajstić information content (AvgIpc) is 1.35. The first-order valence-corrected chi connectivity index (χ1v) is 49.2. The lowest BCUT2D eigenvalue weighted by atomic mass is 10.2. The van der Waals surface area contributed by atoms with Crippen LogP contribution in [0.2, 0.25) is 6.55 Å². The quantitative estimate of drug-likeness (QED) is 0.0758. The number of para-hydroxylation sites is 6. The fourth-order valence-corrected chi connectivity index (χ4v) is 36.2. The summed E-state index contributed by atoms with van der Waals surface area (Å²) in [6.45, 7) is 4.61. The van der Waals surface area contributed by atoms with Crippen LogP contribution in [-0.2, 0) is 14.1 Å². The van der Waals surface area contributed by atoms with Crippen LogP contribution in [0.5, 0.6) is 0 Å². The second-order valence-corrected chi connectivity index (χ2v) is 46.0. The predicted octanol–water partition coefficient (Wildman–Crippen LogP) is 14.9. The molecule has 6 nitrogen and oxygen atoms in total. The third kappa shape index (κ3) is 13.5. The molecule has 118 heavy (non-hydrogen) atoms. The Kier molecular flexibility index (Phi) is 21.2. The molecule has 4 heterocycles. The minimum Gasteiger partial charge on any atom is -0.313 e. The maximum absolute atomic E-state index is 4.96. The number of aromatic nitrogens is 6. The Morgan fingerprint density at radius 3 is 0.686 bits per heavy atom. The molecule has 4 aromatic heterocycles. The number of rotatable bonds is 15. The van der Waals surface area contributed by atoms with Crippen LogP contribution in [0.1, 0.15) is 5.56 Å². The van der Waals surface area contributed by atoms with E-state index in [2.05, 4.69) is 518 Å². The monoisotopic (exact) mass is 1580 g/mol. The number of hydrogen-bond acceptors (Lipinski definition) is 2. The van der Waals surface area contributed by atoms with Crippen molar-refractivity contribution in [3.8, 4) is 0 Å². The van der Waals surface area contributed by atoms with E-state index in [0.29, 0.717) is 0 Å². The summed E-state index contributed by atoms with van der Waals surface area (Å²) in [5.41, 5.74) is 10.4. The summed E-state index contributed by atoms with van der Waals surface area (Å²) >= 11 is 0. The molecule has 0 aliphatic heterocycles. The Morgan fingerprint density at radius 2 is 0.390 bits per heavy atom. The second kappa shape index (κ2) is 33.2. The number of nitrogens with zero attached hydrogens (tertiary/aromatic N) is 6. The minimum absolute atomic E-state index is 0.967. The van der Waals surface area contributed by atoms with Crippen molar-refractivity contribution >= 4 is 166 Å². The molecular formula is C108H90N6Si4. The Bertz CT molecular complexity index is 6590. The first kappa shape index (κ1) is 75.5. The van der Waals surface area contributed by atoms with Crippen LogP contribution >= 0.6 is 0 Å². The van der Waals surface area contributed by atoms with Crippen LogP contribution in [0.15, 0.2) is 473 Å². The zero-order valence-corrected chi connectivity index (χ0v) is 70.7. The van der Waals surface area contributed by atoms with E-state index in [9.17, 15) is 0 Å². The predicted molar refractivity (Wildman–Crippen MR) is 510 cm³/mol. The summed E-state index contributed by atoms with van der Waals surface area (Å²) in [4.78, 5) is 9.63. The van der Waals surface area contributed by atoms with Crippen LogP contribution in [0, 0.1) is 6.92 Å². The topological polar surface area (TPSA) is 44.5 Å². The Morgan fingerprint density at radius 1 is 0.186 bits per heavy atom. The first-order chi connectivity index (χ1) is 58.2. The lowest BCUT2D eigenvalue weighted by Crippen LogP contribution is -2.76. The normalized spacial score (nSPS) is 11.7. The van der Waals surface area contributed by atoms with Crippen molar-refractivity contribution in [2.45, 2.75) is 13.5 Å². The Balaban J connectivity index is 0.000000116. The van der Waals surface area contributed by atoms with Gasteiger partial charge in [0.2, 0.25) is 11.6 Å². The molecule has 0 spiro atoms. The van der Waals surface area contributed by atoms with E-state index in [1.54, 1.807) is 0 Å². The highest BCUT2D eigenvalue weighted by atomic mass is 28.3. The lowest BCUT2D eigenvalue weighted by molar-refractivity contribution is 0.973. The third-order valence-corrected chi connectivity index (χ3v) is 43.0. The van der Waals surface area contributed by atoms with E-state index in [1.165, 1.54) is 111 Å². The van der Waals surface area contributed by atoms with Gasteiger partial charge in [-0.3, -0.25) is 8.80 Å². The summed E-state index contributed by atoms with van der Waals surface area (Å²) in [6, 6.07) is 173. The molecular weight excluding hydrogens is 1490 g/mol. The zero-order valence-electron chi connectivity index (χ0n) is 66.7. The number of benzene rings is 17. The molecule has 0 amide bonds.